The summed E-state index contributed by atoms with van der Waals surface area (Å²) in [6, 6.07) is 5.11. The number of aromatic amines is 1. The first-order chi connectivity index (χ1) is 18.0. The molecule has 0 bridgehead atoms. The van der Waals surface area contributed by atoms with E-state index < -0.39 is 25.2 Å². The quantitative estimate of drug-likeness (QED) is 0.336. The third-order valence-electron chi connectivity index (χ3n) is 5.95. The fourth-order valence-electron chi connectivity index (χ4n) is 4.26. The SMILES string of the molecule is Cc1cccc(N(C=O)CC(=O)NCC(F)(F)F)c1N(C)c1ncc(-c2cncc3n[nH]c(C)c23)nc1C. The van der Waals surface area contributed by atoms with Gasteiger partial charge < -0.3 is 15.1 Å². The molecule has 0 saturated heterocycles. The number of H-pyrrole nitrogens is 1. The van der Waals surface area contributed by atoms with Crippen molar-refractivity contribution in [2.45, 2.75) is 26.9 Å². The Bertz CT molecular complexity index is 1500. The number of fused-ring (bicyclic) bond motifs is 1. The lowest BCUT2D eigenvalue weighted by Crippen LogP contribution is -2.41. The monoisotopic (exact) mass is 526 g/mol. The van der Waals surface area contributed by atoms with Crippen LogP contribution in [-0.2, 0) is 9.59 Å². The Morgan fingerprint density at radius 1 is 1.16 bits per heavy atom. The molecule has 0 spiro atoms. The first-order valence-electron chi connectivity index (χ1n) is 11.5. The van der Waals surface area contributed by atoms with Crippen molar-refractivity contribution in [1.29, 1.82) is 0 Å². The molecule has 2 amide bonds. The number of pyridine rings is 1. The molecule has 198 valence electrons. The molecule has 0 aliphatic rings. The van der Waals surface area contributed by atoms with Crippen molar-refractivity contribution in [2.24, 2.45) is 0 Å². The van der Waals surface area contributed by atoms with Crippen LogP contribution >= 0.6 is 0 Å². The fourth-order valence-corrected chi connectivity index (χ4v) is 4.26. The maximum absolute atomic E-state index is 12.5. The van der Waals surface area contributed by atoms with Crippen LogP contribution in [0.4, 0.5) is 30.4 Å². The van der Waals surface area contributed by atoms with E-state index in [0.29, 0.717) is 40.5 Å². The van der Waals surface area contributed by atoms with Gasteiger partial charge in [-0.15, -0.1) is 0 Å². The summed E-state index contributed by atoms with van der Waals surface area (Å²) in [5, 5.41) is 9.86. The minimum atomic E-state index is -4.56. The largest absolute Gasteiger partial charge is 0.405 e. The van der Waals surface area contributed by atoms with Crippen molar-refractivity contribution in [2.75, 3.05) is 29.9 Å². The second-order valence-corrected chi connectivity index (χ2v) is 8.72. The molecule has 0 aliphatic carbocycles. The predicted octanol–water partition coefficient (Wildman–Crippen LogP) is 3.75. The molecule has 0 unspecified atom stereocenters. The van der Waals surface area contributed by atoms with E-state index in [-0.39, 0.29) is 0 Å². The van der Waals surface area contributed by atoms with Crippen LogP contribution in [-0.4, -0.2) is 63.8 Å². The highest BCUT2D eigenvalue weighted by atomic mass is 19.4. The zero-order chi connectivity index (χ0) is 27.6. The van der Waals surface area contributed by atoms with Crippen LogP contribution < -0.4 is 15.1 Å². The van der Waals surface area contributed by atoms with Crippen LogP contribution in [0.25, 0.3) is 22.2 Å². The van der Waals surface area contributed by atoms with Crippen LogP contribution in [0.15, 0.2) is 36.8 Å². The van der Waals surface area contributed by atoms with Gasteiger partial charge in [-0.1, -0.05) is 12.1 Å². The summed E-state index contributed by atoms with van der Waals surface area (Å²) in [7, 11) is 1.73. The summed E-state index contributed by atoms with van der Waals surface area (Å²) in [6.07, 6.45) is 0.815. The van der Waals surface area contributed by atoms with Crippen LogP contribution in [0.5, 0.6) is 0 Å². The number of nitrogens with one attached hydrogen (secondary N) is 2. The van der Waals surface area contributed by atoms with E-state index in [9.17, 15) is 22.8 Å². The molecule has 13 heteroatoms. The van der Waals surface area contributed by atoms with Crippen LogP contribution in [0.3, 0.4) is 0 Å². The van der Waals surface area contributed by atoms with Gasteiger partial charge in [-0.2, -0.15) is 18.3 Å². The molecule has 10 nitrogen and oxygen atoms in total. The summed E-state index contributed by atoms with van der Waals surface area (Å²) in [5.74, 6) is -0.456. The number of amides is 2. The highest BCUT2D eigenvalue weighted by molar-refractivity contribution is 5.95. The molecule has 1 aromatic carbocycles. The molecule has 4 rings (SSSR count). The van der Waals surface area contributed by atoms with Gasteiger partial charge in [-0.25, -0.2) is 9.97 Å². The first kappa shape index (κ1) is 26.5. The molecule has 0 fully saturated rings. The number of carbonyl (C=O) groups is 2. The van der Waals surface area contributed by atoms with Crippen molar-refractivity contribution in [3.63, 3.8) is 0 Å². The van der Waals surface area contributed by atoms with Gasteiger partial charge in [0.15, 0.2) is 5.82 Å². The van der Waals surface area contributed by atoms with Crippen molar-refractivity contribution in [1.82, 2.24) is 30.5 Å². The van der Waals surface area contributed by atoms with Gasteiger partial charge in [0.2, 0.25) is 12.3 Å². The van der Waals surface area contributed by atoms with Gasteiger partial charge in [0.25, 0.3) is 0 Å². The van der Waals surface area contributed by atoms with Crippen LogP contribution in [0.2, 0.25) is 0 Å². The number of hydrogen-bond donors (Lipinski definition) is 2. The summed E-state index contributed by atoms with van der Waals surface area (Å²) in [6.45, 7) is 3.44. The molecular formula is C25H25F3N8O2. The van der Waals surface area contributed by atoms with Crippen molar-refractivity contribution < 1.29 is 22.8 Å². The van der Waals surface area contributed by atoms with Crippen molar-refractivity contribution in [3.8, 4) is 11.3 Å². The van der Waals surface area contributed by atoms with Crippen molar-refractivity contribution in [3.05, 3.63) is 53.7 Å². The first-order valence-corrected chi connectivity index (χ1v) is 11.5. The average Bonchev–Trinajstić information content (AvgIpc) is 3.26. The van der Waals surface area contributed by atoms with Gasteiger partial charge >= 0.3 is 6.18 Å². The molecular weight excluding hydrogens is 501 g/mol. The number of carbonyl (C=O) groups excluding carboxylic acids is 2. The third kappa shape index (κ3) is 5.41. The highest BCUT2D eigenvalue weighted by Crippen LogP contribution is 2.37. The van der Waals surface area contributed by atoms with Crippen LogP contribution in [0.1, 0.15) is 17.0 Å². The van der Waals surface area contributed by atoms with E-state index in [4.69, 9.17) is 4.98 Å². The van der Waals surface area contributed by atoms with E-state index in [1.54, 1.807) is 54.9 Å². The number of nitrogens with zero attached hydrogens (tertiary/aromatic N) is 6. The number of hydrogen-bond acceptors (Lipinski definition) is 7. The van der Waals surface area contributed by atoms with Gasteiger partial charge in [0.1, 0.15) is 18.6 Å². The minimum Gasteiger partial charge on any atom is -0.345 e. The Morgan fingerprint density at radius 2 is 1.92 bits per heavy atom. The standard InChI is InChI=1S/C25H25F3N8O2/c1-14-6-5-7-20(36(13-37)11-21(38)31-12-25(26,27)28)23(14)35(4)24-16(3)32-18(10-30-24)17-8-29-9-19-22(17)15(2)33-34-19/h5-10,13H,11-12H2,1-4H3,(H,31,38)(H,33,34). The lowest BCUT2D eigenvalue weighted by Gasteiger charge is -2.28. The number of alkyl halides is 3. The molecule has 0 saturated carbocycles. The summed E-state index contributed by atoms with van der Waals surface area (Å²) >= 11 is 0. The Labute approximate surface area is 215 Å². The second kappa shape index (κ2) is 10.4. The summed E-state index contributed by atoms with van der Waals surface area (Å²) in [5.41, 5.74) is 5.16. The fraction of sp³-hybridized carbons (Fsp3) is 0.280. The van der Waals surface area contributed by atoms with E-state index >= 15 is 0 Å². The summed E-state index contributed by atoms with van der Waals surface area (Å²) < 4.78 is 37.5. The molecule has 2 N–H and O–H groups in total. The van der Waals surface area contributed by atoms with E-state index in [0.717, 1.165) is 27.1 Å². The highest BCUT2D eigenvalue weighted by Gasteiger charge is 2.28. The normalized spacial score (nSPS) is 11.4. The number of rotatable bonds is 8. The maximum atomic E-state index is 12.5. The molecule has 4 aromatic rings. The van der Waals surface area contributed by atoms with Crippen molar-refractivity contribution >= 4 is 40.4 Å². The Morgan fingerprint density at radius 3 is 2.61 bits per heavy atom. The predicted molar refractivity (Wildman–Crippen MR) is 136 cm³/mol. The maximum Gasteiger partial charge on any atom is 0.405 e. The third-order valence-corrected chi connectivity index (χ3v) is 5.95. The number of benzene rings is 1. The van der Waals surface area contributed by atoms with E-state index in [2.05, 4.69) is 20.2 Å². The lowest BCUT2D eigenvalue weighted by atomic mass is 10.1. The van der Waals surface area contributed by atoms with Gasteiger partial charge in [0, 0.05) is 29.9 Å². The molecule has 3 aromatic heterocycles. The summed E-state index contributed by atoms with van der Waals surface area (Å²) in [4.78, 5) is 40.4. The molecule has 3 heterocycles. The Balaban J connectivity index is 1.67. The van der Waals surface area contributed by atoms with E-state index in [1.807, 2.05) is 19.9 Å². The second-order valence-electron chi connectivity index (χ2n) is 8.72. The Kier molecular flexibility index (Phi) is 7.28. The topological polar surface area (TPSA) is 120 Å². The zero-order valence-corrected chi connectivity index (χ0v) is 21.1. The smallest absolute Gasteiger partial charge is 0.345 e. The molecule has 0 aliphatic heterocycles. The Hall–Kier alpha value is -4.55. The van der Waals surface area contributed by atoms with Crippen LogP contribution in [0, 0.1) is 20.8 Å². The minimum absolute atomic E-state index is 0.331. The number of aromatic nitrogens is 5. The van der Waals surface area contributed by atoms with Gasteiger partial charge in [0.05, 0.1) is 35.2 Å². The van der Waals surface area contributed by atoms with Gasteiger partial charge in [-0.05, 0) is 32.4 Å². The molecule has 0 radical (unpaired) electrons. The van der Waals surface area contributed by atoms with E-state index in [1.165, 1.54) is 0 Å². The van der Waals surface area contributed by atoms with Gasteiger partial charge in [-0.3, -0.25) is 19.7 Å². The zero-order valence-electron chi connectivity index (χ0n) is 21.1. The molecule has 38 heavy (non-hydrogen) atoms. The average molecular weight is 527 g/mol. The number of halogens is 3. The number of para-hydroxylation sites is 1. The lowest BCUT2D eigenvalue weighted by molar-refractivity contribution is -0.137. The number of anilines is 3. The molecule has 0 atom stereocenters. The number of aryl methyl sites for hydroxylation is 3.